The lowest BCUT2D eigenvalue weighted by Crippen LogP contribution is -2.44. The second-order valence-corrected chi connectivity index (χ2v) is 14.4. The molecular formula is C38H38N5O9P. The van der Waals surface area contributed by atoms with Gasteiger partial charge in [0.2, 0.25) is 5.88 Å². The minimum Gasteiger partial charge on any atom is -0.479 e. The lowest BCUT2D eigenvalue weighted by molar-refractivity contribution is -0.147. The number of methoxy groups -OCH3 is 1. The van der Waals surface area contributed by atoms with Gasteiger partial charge < -0.3 is 28.9 Å². The molecule has 0 amide bonds. The molecule has 274 valence electrons. The summed E-state index contributed by atoms with van der Waals surface area (Å²) < 4.78 is 46.0. The van der Waals surface area contributed by atoms with Gasteiger partial charge in [-0.25, -0.2) is 19.3 Å². The molecule has 6 aromatic rings. The summed E-state index contributed by atoms with van der Waals surface area (Å²) in [5.41, 5.74) is -0.0561. The Balaban J connectivity index is 1.20. The number of carbonyl (C=O) groups excluding carboxylic acids is 1. The molecule has 0 saturated carbocycles. The summed E-state index contributed by atoms with van der Waals surface area (Å²) >= 11 is 0. The highest BCUT2D eigenvalue weighted by molar-refractivity contribution is 7.52. The van der Waals surface area contributed by atoms with Crippen molar-refractivity contribution >= 4 is 35.7 Å². The molecule has 14 nitrogen and oxygen atoms in total. The van der Waals surface area contributed by atoms with Crippen molar-refractivity contribution in [3.8, 4) is 11.6 Å². The number of aliphatic hydroxyl groups is 2. The van der Waals surface area contributed by atoms with Gasteiger partial charge >= 0.3 is 13.7 Å². The highest BCUT2D eigenvalue weighted by atomic mass is 31.2. The molecule has 4 aromatic carbocycles. The Morgan fingerprint density at radius 1 is 1.00 bits per heavy atom. The van der Waals surface area contributed by atoms with Crippen molar-refractivity contribution in [1.29, 1.82) is 0 Å². The maximum atomic E-state index is 15.0. The van der Waals surface area contributed by atoms with Crippen LogP contribution in [0, 0.1) is 6.92 Å². The van der Waals surface area contributed by atoms with E-state index in [1.54, 1.807) is 55.5 Å². The number of esters is 1. The third-order valence-corrected chi connectivity index (χ3v) is 10.5. The number of ether oxygens (including phenoxy) is 3. The molecule has 1 aliphatic heterocycles. The van der Waals surface area contributed by atoms with Crippen molar-refractivity contribution in [3.63, 3.8) is 0 Å². The van der Waals surface area contributed by atoms with Crippen LogP contribution in [0.5, 0.6) is 11.6 Å². The number of aryl methyl sites for hydroxylation is 1. The van der Waals surface area contributed by atoms with E-state index in [9.17, 15) is 19.6 Å². The van der Waals surface area contributed by atoms with E-state index >= 15 is 0 Å². The average molecular weight is 740 g/mol. The summed E-state index contributed by atoms with van der Waals surface area (Å²) in [6, 6.07) is 29.1. The van der Waals surface area contributed by atoms with Crippen LogP contribution in [0.15, 0.2) is 109 Å². The molecule has 7 rings (SSSR count). The van der Waals surface area contributed by atoms with Gasteiger partial charge in [-0.2, -0.15) is 10.1 Å². The Bertz CT molecular complexity index is 2270. The number of hydrogen-bond donors (Lipinski definition) is 3. The Morgan fingerprint density at radius 2 is 1.70 bits per heavy atom. The van der Waals surface area contributed by atoms with Crippen molar-refractivity contribution in [3.05, 3.63) is 126 Å². The van der Waals surface area contributed by atoms with Crippen LogP contribution in [-0.2, 0) is 30.0 Å². The van der Waals surface area contributed by atoms with E-state index in [1.807, 2.05) is 54.6 Å². The Labute approximate surface area is 304 Å². The number of fused-ring (bicyclic) bond motifs is 2. The van der Waals surface area contributed by atoms with Gasteiger partial charge in [-0.3, -0.25) is 9.09 Å². The zero-order valence-corrected chi connectivity index (χ0v) is 30.0. The molecule has 2 aromatic heterocycles. The third-order valence-electron chi connectivity index (χ3n) is 8.96. The molecule has 1 saturated heterocycles. The van der Waals surface area contributed by atoms with Gasteiger partial charge in [0.25, 0.3) is 0 Å². The van der Waals surface area contributed by atoms with E-state index in [0.717, 1.165) is 10.9 Å². The molecule has 3 heterocycles. The SMILES string of the molecule is COc1nc(C)nc2c1ncn2C1O[C@H](COP(=O)(N[C@H](C(=O)OCc2ccccc2)c2ccccc2)Oc2cccc3ccccc23)[C@@H](O)[C@@]1(C)O. The molecule has 0 radical (unpaired) electrons. The Hall–Kier alpha value is -5.21. The zero-order valence-electron chi connectivity index (χ0n) is 29.1. The summed E-state index contributed by atoms with van der Waals surface area (Å²) in [6.45, 7) is 2.52. The number of hydrogen-bond acceptors (Lipinski definition) is 12. The normalized spacial score (nSPS) is 21.6. The lowest BCUT2D eigenvalue weighted by Gasteiger charge is -2.28. The summed E-state index contributed by atoms with van der Waals surface area (Å²) in [5.74, 6) is 0.111. The first-order valence-corrected chi connectivity index (χ1v) is 18.4. The van der Waals surface area contributed by atoms with Gasteiger partial charge in [-0.15, -0.1) is 0 Å². The number of benzene rings is 4. The topological polar surface area (TPSA) is 176 Å². The van der Waals surface area contributed by atoms with Gasteiger partial charge in [-0.1, -0.05) is 97.1 Å². The van der Waals surface area contributed by atoms with Crippen LogP contribution >= 0.6 is 7.75 Å². The van der Waals surface area contributed by atoms with E-state index in [1.165, 1.54) is 24.9 Å². The molecule has 0 bridgehead atoms. The van der Waals surface area contributed by atoms with Crippen molar-refractivity contribution in [2.24, 2.45) is 0 Å². The number of nitrogens with zero attached hydrogens (tertiary/aromatic N) is 4. The van der Waals surface area contributed by atoms with Crippen LogP contribution in [0.1, 0.15) is 36.1 Å². The fourth-order valence-corrected chi connectivity index (χ4v) is 7.74. The molecule has 0 aliphatic carbocycles. The minimum atomic E-state index is -4.55. The lowest BCUT2D eigenvalue weighted by atomic mass is 9.96. The summed E-state index contributed by atoms with van der Waals surface area (Å²) in [6.07, 6.45) is -2.57. The van der Waals surface area contributed by atoms with Crippen LogP contribution in [0.25, 0.3) is 21.9 Å². The number of rotatable bonds is 13. The van der Waals surface area contributed by atoms with Gasteiger partial charge in [0.05, 0.1) is 20.0 Å². The molecule has 53 heavy (non-hydrogen) atoms. The highest BCUT2D eigenvalue weighted by Crippen LogP contribution is 2.50. The van der Waals surface area contributed by atoms with Gasteiger partial charge in [0.1, 0.15) is 42.0 Å². The van der Waals surface area contributed by atoms with Crippen molar-refractivity contribution < 1.29 is 42.8 Å². The fourth-order valence-electron chi connectivity index (χ4n) is 6.23. The second-order valence-electron chi connectivity index (χ2n) is 12.7. The first kappa shape index (κ1) is 36.2. The first-order valence-electron chi connectivity index (χ1n) is 16.8. The maximum Gasteiger partial charge on any atom is 0.459 e. The Kier molecular flexibility index (Phi) is 10.3. The molecule has 3 N–H and O–H groups in total. The van der Waals surface area contributed by atoms with E-state index in [0.29, 0.717) is 27.9 Å². The number of carbonyl (C=O) groups is 1. The maximum absolute atomic E-state index is 15.0. The summed E-state index contributed by atoms with van der Waals surface area (Å²) in [4.78, 5) is 26.8. The van der Waals surface area contributed by atoms with Crippen LogP contribution in [0.2, 0.25) is 0 Å². The smallest absolute Gasteiger partial charge is 0.459 e. The molecule has 15 heteroatoms. The average Bonchev–Trinajstić information content (AvgIpc) is 3.69. The second kappa shape index (κ2) is 15.0. The van der Waals surface area contributed by atoms with Crippen LogP contribution < -0.4 is 14.3 Å². The van der Waals surface area contributed by atoms with Crippen molar-refractivity contribution in [2.45, 2.75) is 50.5 Å². The fraction of sp³-hybridized carbons (Fsp3) is 0.263. The highest BCUT2D eigenvalue weighted by Gasteiger charge is 2.54. The quantitative estimate of drug-likeness (QED) is 0.0989. The Morgan fingerprint density at radius 3 is 2.45 bits per heavy atom. The molecule has 2 unspecified atom stereocenters. The number of nitrogens with one attached hydrogen (secondary N) is 1. The number of aromatic nitrogens is 4. The molecule has 1 fully saturated rings. The zero-order chi connectivity index (χ0) is 37.2. The number of aliphatic hydroxyl groups excluding tert-OH is 1. The molecule has 0 spiro atoms. The molecule has 1 aliphatic rings. The van der Waals surface area contributed by atoms with Crippen LogP contribution in [0.4, 0.5) is 0 Å². The molecule has 6 atom stereocenters. The largest absolute Gasteiger partial charge is 0.479 e. The number of imidazole rings is 1. The van der Waals surface area contributed by atoms with Gasteiger partial charge in [0.15, 0.2) is 17.4 Å². The standard InChI is InChI=1S/C38H38N5O9P/c1-24-40-34-32(35(41-24)48-3)39-23-43(34)37-38(2,46)33(44)30(51-37)22-50-53(47,52-29-20-12-18-26-15-10-11-19-28(26)29)42-31(27-16-8-5-9-17-27)36(45)49-21-25-13-6-4-7-14-25/h4-20,23,30-31,33,37,44,46H,21-22H2,1-3H3,(H,42,47)/t30-,31+,33-,37?,38-,53?/m1/s1. The monoisotopic (exact) mass is 739 g/mol. The van der Waals surface area contributed by atoms with Crippen LogP contribution in [0.3, 0.4) is 0 Å². The van der Waals surface area contributed by atoms with Crippen molar-refractivity contribution in [2.75, 3.05) is 13.7 Å². The van der Waals surface area contributed by atoms with E-state index in [4.69, 9.17) is 23.3 Å². The summed E-state index contributed by atoms with van der Waals surface area (Å²) in [7, 11) is -3.10. The predicted octanol–water partition coefficient (Wildman–Crippen LogP) is 5.58. The van der Waals surface area contributed by atoms with E-state index in [2.05, 4.69) is 20.0 Å². The van der Waals surface area contributed by atoms with E-state index < -0.39 is 50.4 Å². The minimum absolute atomic E-state index is 0.0299. The predicted molar refractivity (Wildman–Crippen MR) is 194 cm³/mol. The van der Waals surface area contributed by atoms with Crippen molar-refractivity contribution in [1.82, 2.24) is 24.6 Å². The van der Waals surface area contributed by atoms with Crippen LogP contribution in [-0.4, -0.2) is 67.2 Å². The van der Waals surface area contributed by atoms with Gasteiger partial charge in [0, 0.05) is 5.39 Å². The van der Waals surface area contributed by atoms with Gasteiger partial charge in [-0.05, 0) is 36.4 Å². The van der Waals surface area contributed by atoms with E-state index in [-0.39, 0.29) is 18.2 Å². The third kappa shape index (κ3) is 7.51. The molecular weight excluding hydrogens is 701 g/mol. The first-order chi connectivity index (χ1) is 25.6. The summed E-state index contributed by atoms with van der Waals surface area (Å²) in [5, 5.41) is 27.3.